The molecule has 0 bridgehead atoms. The van der Waals surface area contributed by atoms with Crippen molar-refractivity contribution in [3.8, 4) is 5.75 Å². The highest BCUT2D eigenvalue weighted by Crippen LogP contribution is 2.22. The SMILES string of the molecule is COc1ccccc1NC(=O)C(=O)NN1CCN(C)CC1. The molecule has 1 aliphatic rings. The number of nitrogens with one attached hydrogen (secondary N) is 2. The Morgan fingerprint density at radius 1 is 1.10 bits per heavy atom. The Bertz CT molecular complexity index is 513. The van der Waals surface area contributed by atoms with Gasteiger partial charge in [-0.25, -0.2) is 5.01 Å². The first kappa shape index (κ1) is 15.3. The van der Waals surface area contributed by atoms with Crippen LogP contribution in [0.15, 0.2) is 24.3 Å². The topological polar surface area (TPSA) is 73.9 Å². The van der Waals surface area contributed by atoms with Gasteiger partial charge in [-0.3, -0.25) is 15.0 Å². The first-order valence-corrected chi connectivity index (χ1v) is 6.78. The molecule has 1 saturated heterocycles. The second kappa shape index (κ2) is 7.05. The monoisotopic (exact) mass is 292 g/mol. The fourth-order valence-electron chi connectivity index (χ4n) is 2.04. The first-order valence-electron chi connectivity index (χ1n) is 6.78. The van der Waals surface area contributed by atoms with Gasteiger partial charge in [0.1, 0.15) is 5.75 Å². The van der Waals surface area contributed by atoms with Gasteiger partial charge in [0, 0.05) is 26.2 Å². The van der Waals surface area contributed by atoms with E-state index in [1.807, 2.05) is 7.05 Å². The van der Waals surface area contributed by atoms with Gasteiger partial charge in [0.05, 0.1) is 12.8 Å². The number of anilines is 1. The van der Waals surface area contributed by atoms with Crippen molar-refractivity contribution in [2.75, 3.05) is 45.7 Å². The molecule has 7 nitrogen and oxygen atoms in total. The molecule has 0 radical (unpaired) electrons. The highest BCUT2D eigenvalue weighted by atomic mass is 16.5. The number of likely N-dealkylation sites (N-methyl/N-ethyl adjacent to an activating group) is 1. The van der Waals surface area contributed by atoms with E-state index in [-0.39, 0.29) is 0 Å². The average Bonchev–Trinajstić information content (AvgIpc) is 2.50. The Hall–Kier alpha value is -2.12. The first-order chi connectivity index (χ1) is 10.1. The quantitative estimate of drug-likeness (QED) is 0.762. The molecule has 0 aromatic heterocycles. The Balaban J connectivity index is 1.89. The number of hydrazine groups is 1. The lowest BCUT2D eigenvalue weighted by Gasteiger charge is -2.32. The predicted octanol–water partition coefficient (Wildman–Crippen LogP) is -0.0877. The number of para-hydroxylation sites is 2. The summed E-state index contributed by atoms with van der Waals surface area (Å²) < 4.78 is 5.13. The second-order valence-corrected chi connectivity index (χ2v) is 4.89. The number of piperazine rings is 1. The summed E-state index contributed by atoms with van der Waals surface area (Å²) >= 11 is 0. The zero-order valence-electron chi connectivity index (χ0n) is 12.3. The number of benzene rings is 1. The maximum Gasteiger partial charge on any atom is 0.323 e. The van der Waals surface area contributed by atoms with Crippen LogP contribution in [0.4, 0.5) is 5.69 Å². The zero-order chi connectivity index (χ0) is 15.2. The highest BCUT2D eigenvalue weighted by molar-refractivity contribution is 6.39. The van der Waals surface area contributed by atoms with E-state index in [0.29, 0.717) is 24.5 Å². The van der Waals surface area contributed by atoms with Gasteiger partial charge < -0.3 is 15.0 Å². The lowest BCUT2D eigenvalue weighted by atomic mass is 10.3. The molecular formula is C14H20N4O3. The Morgan fingerprint density at radius 3 is 2.43 bits per heavy atom. The molecule has 0 saturated carbocycles. The smallest absolute Gasteiger partial charge is 0.323 e. The summed E-state index contributed by atoms with van der Waals surface area (Å²) in [6.45, 7) is 3.11. The number of carbonyl (C=O) groups excluding carboxylic acids is 2. The molecule has 2 amide bonds. The number of carbonyl (C=O) groups is 2. The predicted molar refractivity (Wildman–Crippen MR) is 78.8 cm³/mol. The Labute approximate surface area is 123 Å². The van der Waals surface area contributed by atoms with Crippen molar-refractivity contribution in [1.82, 2.24) is 15.3 Å². The van der Waals surface area contributed by atoms with Crippen molar-refractivity contribution >= 4 is 17.5 Å². The molecule has 0 atom stereocenters. The van der Waals surface area contributed by atoms with Crippen LogP contribution in [-0.2, 0) is 9.59 Å². The van der Waals surface area contributed by atoms with Crippen molar-refractivity contribution in [2.45, 2.75) is 0 Å². The Kier molecular flexibility index (Phi) is 5.13. The van der Waals surface area contributed by atoms with Crippen LogP contribution >= 0.6 is 0 Å². The molecule has 1 aliphatic heterocycles. The maximum atomic E-state index is 11.9. The number of hydrogen-bond donors (Lipinski definition) is 2. The summed E-state index contributed by atoms with van der Waals surface area (Å²) in [5.41, 5.74) is 3.08. The van der Waals surface area contributed by atoms with Gasteiger partial charge >= 0.3 is 11.8 Å². The van der Waals surface area contributed by atoms with E-state index in [1.54, 1.807) is 29.3 Å². The third-order valence-electron chi connectivity index (χ3n) is 3.32. The molecule has 1 aromatic rings. The minimum absolute atomic E-state index is 0.471. The molecule has 21 heavy (non-hydrogen) atoms. The number of ether oxygens (including phenoxy) is 1. The van der Waals surface area contributed by atoms with Gasteiger partial charge in [-0.1, -0.05) is 12.1 Å². The average molecular weight is 292 g/mol. The van der Waals surface area contributed by atoms with Crippen molar-refractivity contribution in [3.63, 3.8) is 0 Å². The van der Waals surface area contributed by atoms with Crippen LogP contribution in [-0.4, -0.2) is 62.1 Å². The summed E-state index contributed by atoms with van der Waals surface area (Å²) in [4.78, 5) is 25.9. The molecule has 0 aliphatic carbocycles. The van der Waals surface area contributed by atoms with Crippen molar-refractivity contribution in [3.05, 3.63) is 24.3 Å². The van der Waals surface area contributed by atoms with Crippen molar-refractivity contribution in [1.29, 1.82) is 0 Å². The van der Waals surface area contributed by atoms with Gasteiger partial charge in [-0.2, -0.15) is 0 Å². The second-order valence-electron chi connectivity index (χ2n) is 4.89. The maximum absolute atomic E-state index is 11.9. The minimum atomic E-state index is -0.710. The molecule has 2 N–H and O–H groups in total. The van der Waals surface area contributed by atoms with Crippen LogP contribution in [0.2, 0.25) is 0 Å². The van der Waals surface area contributed by atoms with E-state index < -0.39 is 11.8 Å². The van der Waals surface area contributed by atoms with Gasteiger partial charge in [0.15, 0.2) is 0 Å². The molecule has 1 aromatic carbocycles. The summed E-state index contributed by atoms with van der Waals surface area (Å²) in [6, 6.07) is 6.95. The molecule has 7 heteroatoms. The number of hydrogen-bond acceptors (Lipinski definition) is 5. The number of methoxy groups -OCH3 is 1. The van der Waals surface area contributed by atoms with Crippen LogP contribution in [0.1, 0.15) is 0 Å². The molecular weight excluding hydrogens is 272 g/mol. The third-order valence-corrected chi connectivity index (χ3v) is 3.32. The lowest BCUT2D eigenvalue weighted by molar-refractivity contribution is -0.139. The van der Waals surface area contributed by atoms with E-state index in [4.69, 9.17) is 4.74 Å². The van der Waals surface area contributed by atoms with Crippen LogP contribution in [0.3, 0.4) is 0 Å². The standard InChI is InChI=1S/C14H20N4O3/c1-17-7-9-18(10-8-17)16-14(20)13(19)15-11-5-3-4-6-12(11)21-2/h3-6H,7-10H2,1-2H3,(H,15,19)(H,16,20). The van der Waals surface area contributed by atoms with Crippen LogP contribution in [0, 0.1) is 0 Å². The summed E-state index contributed by atoms with van der Waals surface area (Å²) in [7, 11) is 3.53. The highest BCUT2D eigenvalue weighted by Gasteiger charge is 2.20. The summed E-state index contributed by atoms with van der Waals surface area (Å²) in [5.74, 6) is -0.873. The zero-order valence-corrected chi connectivity index (χ0v) is 12.3. The van der Waals surface area contributed by atoms with Gasteiger partial charge in [0.25, 0.3) is 0 Å². The van der Waals surface area contributed by atoms with Crippen LogP contribution in [0.25, 0.3) is 0 Å². The molecule has 0 spiro atoms. The molecule has 1 fully saturated rings. The van der Waals surface area contributed by atoms with E-state index in [2.05, 4.69) is 15.6 Å². The van der Waals surface area contributed by atoms with E-state index in [9.17, 15) is 9.59 Å². The number of amides is 2. The van der Waals surface area contributed by atoms with Gasteiger partial charge in [-0.05, 0) is 19.2 Å². The minimum Gasteiger partial charge on any atom is -0.495 e. The number of rotatable bonds is 3. The molecule has 2 rings (SSSR count). The van der Waals surface area contributed by atoms with E-state index >= 15 is 0 Å². The molecule has 1 heterocycles. The normalized spacial score (nSPS) is 16.3. The van der Waals surface area contributed by atoms with E-state index in [0.717, 1.165) is 13.1 Å². The molecule has 0 unspecified atom stereocenters. The largest absolute Gasteiger partial charge is 0.495 e. The third kappa shape index (κ3) is 4.17. The van der Waals surface area contributed by atoms with Gasteiger partial charge in [-0.15, -0.1) is 0 Å². The lowest BCUT2D eigenvalue weighted by Crippen LogP contribution is -2.54. The van der Waals surface area contributed by atoms with Gasteiger partial charge in [0.2, 0.25) is 0 Å². The van der Waals surface area contributed by atoms with Crippen molar-refractivity contribution in [2.24, 2.45) is 0 Å². The summed E-state index contributed by atoms with van der Waals surface area (Å²) in [5, 5.41) is 4.30. The fourth-order valence-corrected chi connectivity index (χ4v) is 2.04. The molecule has 114 valence electrons. The fraction of sp³-hybridized carbons (Fsp3) is 0.429. The van der Waals surface area contributed by atoms with Crippen LogP contribution < -0.4 is 15.5 Å². The van der Waals surface area contributed by atoms with Crippen molar-refractivity contribution < 1.29 is 14.3 Å². The van der Waals surface area contributed by atoms with E-state index in [1.165, 1.54) is 7.11 Å². The Morgan fingerprint density at radius 2 is 1.76 bits per heavy atom. The number of nitrogens with zero attached hydrogens (tertiary/aromatic N) is 2. The summed E-state index contributed by atoms with van der Waals surface area (Å²) in [6.07, 6.45) is 0. The van der Waals surface area contributed by atoms with Crippen LogP contribution in [0.5, 0.6) is 5.75 Å².